The first kappa shape index (κ1) is 11.0. The minimum atomic E-state index is 1.06. The molecule has 1 nitrogen and oxygen atoms in total. The Kier molecular flexibility index (Phi) is 3.05. The quantitative estimate of drug-likeness (QED) is 0.677. The van der Waals surface area contributed by atoms with Crippen molar-refractivity contribution in [1.82, 2.24) is 0 Å². The van der Waals surface area contributed by atoms with Crippen LogP contribution in [0.3, 0.4) is 0 Å². The normalized spacial score (nSPS) is 13.8. The second kappa shape index (κ2) is 5.01. The zero-order chi connectivity index (χ0) is 12.2. The fourth-order valence-corrected chi connectivity index (χ4v) is 2.16. The van der Waals surface area contributed by atoms with Gasteiger partial charge in [0.05, 0.1) is 5.69 Å². The Labute approximate surface area is 108 Å². The van der Waals surface area contributed by atoms with Crippen LogP contribution in [0.15, 0.2) is 53.5 Å². The van der Waals surface area contributed by atoms with Crippen molar-refractivity contribution in [2.45, 2.75) is 12.8 Å². The molecule has 1 heteroatoms. The van der Waals surface area contributed by atoms with Crippen LogP contribution in [0.4, 0.5) is 5.69 Å². The van der Waals surface area contributed by atoms with Crippen molar-refractivity contribution in [3.8, 4) is 0 Å². The smallest absolute Gasteiger partial charge is 0.0663 e. The fraction of sp³-hybridized carbons (Fsp3) is 0.118. The Morgan fingerprint density at radius 2 is 1.72 bits per heavy atom. The highest BCUT2D eigenvalue weighted by Crippen LogP contribution is 2.25. The molecule has 0 aromatic heterocycles. The van der Waals surface area contributed by atoms with Crippen LogP contribution >= 0.6 is 0 Å². The molecule has 1 aliphatic rings. The topological polar surface area (TPSA) is 12.4 Å². The average Bonchev–Trinajstić information content (AvgIpc) is 2.46. The Hall–Kier alpha value is -2.15. The van der Waals surface area contributed by atoms with Crippen LogP contribution in [0.1, 0.15) is 23.1 Å². The van der Waals surface area contributed by atoms with E-state index in [2.05, 4.69) is 59.6 Å². The number of hydrogen-bond donors (Lipinski definition) is 0. The first-order valence-corrected chi connectivity index (χ1v) is 6.30. The molecule has 0 spiro atoms. The molecule has 0 saturated carbocycles. The van der Waals surface area contributed by atoms with E-state index in [0.717, 1.165) is 18.5 Å². The van der Waals surface area contributed by atoms with Gasteiger partial charge in [0.1, 0.15) is 0 Å². The Morgan fingerprint density at radius 1 is 0.889 bits per heavy atom. The predicted octanol–water partition coefficient (Wildman–Crippen LogP) is 4.51. The van der Waals surface area contributed by atoms with E-state index in [1.54, 1.807) is 0 Å². The maximum atomic E-state index is 4.45. The lowest BCUT2D eigenvalue weighted by Gasteiger charge is -2.09. The Morgan fingerprint density at radius 3 is 2.61 bits per heavy atom. The molecule has 0 N–H and O–H groups in total. The van der Waals surface area contributed by atoms with Gasteiger partial charge in [-0.15, -0.1) is 0 Å². The second-order valence-electron chi connectivity index (χ2n) is 4.48. The Balaban J connectivity index is 1.86. The summed E-state index contributed by atoms with van der Waals surface area (Å²) < 4.78 is 0. The number of nitrogens with zero attached hydrogens (tertiary/aromatic N) is 1. The summed E-state index contributed by atoms with van der Waals surface area (Å²) in [6.07, 6.45) is 8.45. The van der Waals surface area contributed by atoms with Gasteiger partial charge < -0.3 is 0 Å². The van der Waals surface area contributed by atoms with Gasteiger partial charge in [0.2, 0.25) is 0 Å². The van der Waals surface area contributed by atoms with E-state index in [1.165, 1.54) is 16.7 Å². The number of fused-ring (bicyclic) bond motifs is 1. The second-order valence-corrected chi connectivity index (χ2v) is 4.48. The molecular weight excluding hydrogens is 218 g/mol. The van der Waals surface area contributed by atoms with Gasteiger partial charge in [-0.1, -0.05) is 54.6 Å². The van der Waals surface area contributed by atoms with Crippen molar-refractivity contribution in [2.75, 3.05) is 0 Å². The minimum Gasteiger partial charge on any atom is -0.261 e. The van der Waals surface area contributed by atoms with Crippen molar-refractivity contribution >= 4 is 24.1 Å². The summed E-state index contributed by atoms with van der Waals surface area (Å²) in [5.41, 5.74) is 4.90. The van der Waals surface area contributed by atoms with Gasteiger partial charge in [-0.3, -0.25) is 4.99 Å². The summed E-state index contributed by atoms with van der Waals surface area (Å²) in [5.74, 6) is 0. The number of aliphatic imine (C=N–C) groups is 1. The summed E-state index contributed by atoms with van der Waals surface area (Å²) in [4.78, 5) is 4.45. The van der Waals surface area contributed by atoms with Crippen molar-refractivity contribution < 1.29 is 0 Å². The van der Waals surface area contributed by atoms with Crippen LogP contribution in [0.5, 0.6) is 0 Å². The molecule has 88 valence electrons. The standard InChI is InChI=1S/C17H15N/c1-2-5-14(6-3-1)8-9-15-10-11-16-7-4-12-18-17(16)13-15/h1-3,5-6,8-13H,4,7H2. The van der Waals surface area contributed by atoms with Gasteiger partial charge in [0.15, 0.2) is 0 Å². The largest absolute Gasteiger partial charge is 0.261 e. The van der Waals surface area contributed by atoms with Crippen molar-refractivity contribution in [3.05, 3.63) is 65.2 Å². The van der Waals surface area contributed by atoms with E-state index in [-0.39, 0.29) is 0 Å². The van der Waals surface area contributed by atoms with Crippen LogP contribution in [0, 0.1) is 0 Å². The van der Waals surface area contributed by atoms with Crippen LogP contribution in [-0.4, -0.2) is 6.21 Å². The monoisotopic (exact) mass is 233 g/mol. The van der Waals surface area contributed by atoms with Crippen LogP contribution in [0.2, 0.25) is 0 Å². The minimum absolute atomic E-state index is 1.06. The van der Waals surface area contributed by atoms with Crippen molar-refractivity contribution in [1.29, 1.82) is 0 Å². The van der Waals surface area contributed by atoms with E-state index < -0.39 is 0 Å². The average molecular weight is 233 g/mol. The third kappa shape index (κ3) is 2.40. The van der Waals surface area contributed by atoms with Gasteiger partial charge >= 0.3 is 0 Å². The zero-order valence-corrected chi connectivity index (χ0v) is 10.2. The van der Waals surface area contributed by atoms with Crippen molar-refractivity contribution in [2.24, 2.45) is 4.99 Å². The molecular formula is C17H15N. The molecule has 0 amide bonds. The molecule has 0 unspecified atom stereocenters. The SMILES string of the molecule is C(=Cc1ccc2c(c1)N=CCC2)c1ccccc1. The molecule has 1 heterocycles. The highest BCUT2D eigenvalue weighted by molar-refractivity contribution is 5.74. The highest BCUT2D eigenvalue weighted by Gasteiger charge is 2.04. The summed E-state index contributed by atoms with van der Waals surface area (Å²) in [6.45, 7) is 0. The van der Waals surface area contributed by atoms with Gasteiger partial charge in [0.25, 0.3) is 0 Å². The first-order chi connectivity index (χ1) is 8.92. The van der Waals surface area contributed by atoms with E-state index in [4.69, 9.17) is 0 Å². The van der Waals surface area contributed by atoms with Crippen LogP contribution in [-0.2, 0) is 6.42 Å². The number of rotatable bonds is 2. The lowest BCUT2D eigenvalue weighted by atomic mass is 10.0. The third-order valence-corrected chi connectivity index (χ3v) is 3.15. The molecule has 0 atom stereocenters. The number of hydrogen-bond acceptors (Lipinski definition) is 1. The Bertz CT molecular complexity index is 594. The first-order valence-electron chi connectivity index (χ1n) is 6.30. The van der Waals surface area contributed by atoms with E-state index in [0.29, 0.717) is 0 Å². The van der Waals surface area contributed by atoms with E-state index in [9.17, 15) is 0 Å². The molecule has 0 fully saturated rings. The van der Waals surface area contributed by atoms with Gasteiger partial charge in [-0.05, 0) is 35.6 Å². The maximum Gasteiger partial charge on any atom is 0.0663 e. The number of aryl methyl sites for hydroxylation is 1. The molecule has 0 saturated heterocycles. The predicted molar refractivity (Wildman–Crippen MR) is 78.3 cm³/mol. The maximum absolute atomic E-state index is 4.45. The lowest BCUT2D eigenvalue weighted by Crippen LogP contribution is -1.93. The third-order valence-electron chi connectivity index (χ3n) is 3.15. The van der Waals surface area contributed by atoms with Gasteiger partial charge in [0, 0.05) is 6.21 Å². The molecule has 1 aliphatic heterocycles. The zero-order valence-electron chi connectivity index (χ0n) is 10.2. The van der Waals surface area contributed by atoms with Gasteiger partial charge in [-0.25, -0.2) is 0 Å². The summed E-state index contributed by atoms with van der Waals surface area (Å²) in [6, 6.07) is 16.9. The van der Waals surface area contributed by atoms with E-state index in [1.807, 2.05) is 12.3 Å². The van der Waals surface area contributed by atoms with Gasteiger partial charge in [-0.2, -0.15) is 0 Å². The summed E-state index contributed by atoms with van der Waals surface area (Å²) in [7, 11) is 0. The lowest BCUT2D eigenvalue weighted by molar-refractivity contribution is 1.03. The molecule has 2 aromatic rings. The highest BCUT2D eigenvalue weighted by atomic mass is 14.7. The van der Waals surface area contributed by atoms with Crippen molar-refractivity contribution in [3.63, 3.8) is 0 Å². The molecule has 0 bridgehead atoms. The fourth-order valence-electron chi connectivity index (χ4n) is 2.16. The molecule has 2 aromatic carbocycles. The molecule has 18 heavy (non-hydrogen) atoms. The van der Waals surface area contributed by atoms with E-state index >= 15 is 0 Å². The van der Waals surface area contributed by atoms with Crippen LogP contribution in [0.25, 0.3) is 12.2 Å². The number of benzene rings is 2. The molecule has 0 aliphatic carbocycles. The summed E-state index contributed by atoms with van der Waals surface area (Å²) in [5, 5.41) is 0. The summed E-state index contributed by atoms with van der Waals surface area (Å²) >= 11 is 0. The molecule has 3 rings (SSSR count). The van der Waals surface area contributed by atoms with Crippen LogP contribution < -0.4 is 0 Å². The molecule has 0 radical (unpaired) electrons.